The van der Waals surface area contributed by atoms with E-state index in [4.69, 9.17) is 23.2 Å². The summed E-state index contributed by atoms with van der Waals surface area (Å²) >= 11 is 11.8. The van der Waals surface area contributed by atoms with Gasteiger partial charge in [-0.3, -0.25) is 4.79 Å². The number of hydrogen-bond donors (Lipinski definition) is 0. The van der Waals surface area contributed by atoms with E-state index in [9.17, 15) is 18.0 Å². The Labute approximate surface area is 122 Å². The van der Waals surface area contributed by atoms with E-state index in [1.54, 1.807) is 6.07 Å². The molecule has 0 spiro atoms. The lowest BCUT2D eigenvalue weighted by molar-refractivity contribution is -0.137. The minimum absolute atomic E-state index is 0.0793. The molecule has 0 saturated carbocycles. The summed E-state index contributed by atoms with van der Waals surface area (Å²) in [5.41, 5.74) is -0.650. The molecule has 0 radical (unpaired) electrons. The van der Waals surface area contributed by atoms with E-state index in [0.29, 0.717) is 0 Å². The van der Waals surface area contributed by atoms with Crippen molar-refractivity contribution in [3.05, 3.63) is 69.2 Å². The summed E-state index contributed by atoms with van der Waals surface area (Å²) in [5, 5.41) is 0.310. The Morgan fingerprint density at radius 2 is 1.40 bits per heavy atom. The van der Waals surface area contributed by atoms with E-state index in [1.165, 1.54) is 12.1 Å². The van der Waals surface area contributed by atoms with Crippen LogP contribution in [0, 0.1) is 0 Å². The summed E-state index contributed by atoms with van der Waals surface area (Å²) in [5.74, 6) is -0.519. The number of carbonyl (C=O) groups is 1. The van der Waals surface area contributed by atoms with Gasteiger partial charge in [0.2, 0.25) is 0 Å². The third kappa shape index (κ3) is 2.97. The van der Waals surface area contributed by atoms with E-state index in [0.717, 1.165) is 24.3 Å². The fourth-order valence-corrected chi connectivity index (χ4v) is 2.24. The van der Waals surface area contributed by atoms with Gasteiger partial charge in [-0.1, -0.05) is 41.4 Å². The first-order valence-corrected chi connectivity index (χ1v) is 6.22. The Bertz CT molecular complexity index is 628. The van der Waals surface area contributed by atoms with Crippen molar-refractivity contribution in [2.45, 2.75) is 6.18 Å². The van der Waals surface area contributed by atoms with Crippen LogP contribution in [-0.2, 0) is 6.18 Å². The molecule has 0 heterocycles. The van der Waals surface area contributed by atoms with Crippen LogP contribution in [0.3, 0.4) is 0 Å². The molecule has 2 aromatic carbocycles. The quantitative estimate of drug-likeness (QED) is 0.692. The van der Waals surface area contributed by atoms with E-state index in [-0.39, 0.29) is 21.2 Å². The summed E-state index contributed by atoms with van der Waals surface area (Å²) in [4.78, 5) is 12.2. The topological polar surface area (TPSA) is 17.1 Å². The van der Waals surface area contributed by atoms with Crippen molar-refractivity contribution >= 4 is 29.0 Å². The van der Waals surface area contributed by atoms with Crippen LogP contribution in [0.1, 0.15) is 21.5 Å². The smallest absolute Gasteiger partial charge is 0.288 e. The van der Waals surface area contributed by atoms with Crippen LogP contribution in [0.5, 0.6) is 0 Å². The molecule has 0 aliphatic carbocycles. The number of ketones is 1. The van der Waals surface area contributed by atoms with Gasteiger partial charge in [-0.25, -0.2) is 0 Å². The van der Waals surface area contributed by atoms with Gasteiger partial charge in [0, 0.05) is 5.56 Å². The van der Waals surface area contributed by atoms with Gasteiger partial charge in [0.15, 0.2) is 5.78 Å². The normalized spacial score (nSPS) is 11.4. The Hall–Kier alpha value is -1.52. The van der Waals surface area contributed by atoms with Crippen molar-refractivity contribution < 1.29 is 18.0 Å². The predicted octanol–water partition coefficient (Wildman–Crippen LogP) is 5.24. The number of carbonyl (C=O) groups excluding carboxylic acids is 1. The lowest BCUT2D eigenvalue weighted by atomic mass is 10.0. The first-order valence-electron chi connectivity index (χ1n) is 5.46. The van der Waals surface area contributed by atoms with E-state index in [2.05, 4.69) is 0 Å². The molecular formula is C14H7Cl2F3O. The highest BCUT2D eigenvalue weighted by molar-refractivity contribution is 6.41. The molecule has 0 N–H and O–H groups in total. The summed E-state index contributed by atoms with van der Waals surface area (Å²) in [7, 11) is 0. The van der Waals surface area contributed by atoms with Crippen molar-refractivity contribution in [3.63, 3.8) is 0 Å². The fraction of sp³-hybridized carbons (Fsp3) is 0.0714. The molecule has 6 heteroatoms. The molecule has 0 aliphatic rings. The molecule has 20 heavy (non-hydrogen) atoms. The minimum atomic E-state index is -4.44. The molecule has 0 fully saturated rings. The Kier molecular flexibility index (Phi) is 4.06. The lowest BCUT2D eigenvalue weighted by Crippen LogP contribution is -2.07. The lowest BCUT2D eigenvalue weighted by Gasteiger charge is -2.08. The van der Waals surface area contributed by atoms with E-state index < -0.39 is 17.5 Å². The van der Waals surface area contributed by atoms with Crippen LogP contribution >= 0.6 is 23.2 Å². The highest BCUT2D eigenvalue weighted by atomic mass is 35.5. The average Bonchev–Trinajstić information content (AvgIpc) is 2.37. The van der Waals surface area contributed by atoms with Gasteiger partial charge in [-0.2, -0.15) is 13.2 Å². The summed E-state index contributed by atoms with van der Waals surface area (Å²) < 4.78 is 37.3. The van der Waals surface area contributed by atoms with E-state index >= 15 is 0 Å². The molecule has 0 saturated heterocycles. The van der Waals surface area contributed by atoms with Crippen molar-refractivity contribution in [2.24, 2.45) is 0 Å². The first-order chi connectivity index (χ1) is 9.30. The zero-order valence-electron chi connectivity index (χ0n) is 9.84. The van der Waals surface area contributed by atoms with Gasteiger partial charge >= 0.3 is 6.18 Å². The maximum absolute atomic E-state index is 12.4. The summed E-state index contributed by atoms with van der Waals surface area (Å²) in [6, 6.07) is 8.45. The summed E-state index contributed by atoms with van der Waals surface area (Å²) in [6.07, 6.45) is -4.44. The van der Waals surface area contributed by atoms with Gasteiger partial charge in [-0.15, -0.1) is 0 Å². The van der Waals surface area contributed by atoms with Crippen LogP contribution in [-0.4, -0.2) is 5.78 Å². The van der Waals surface area contributed by atoms with Gasteiger partial charge in [0.25, 0.3) is 0 Å². The van der Waals surface area contributed by atoms with Gasteiger partial charge in [0.1, 0.15) is 0 Å². The van der Waals surface area contributed by atoms with Crippen molar-refractivity contribution in [3.8, 4) is 0 Å². The molecule has 104 valence electrons. The standard InChI is InChI=1S/C14H7Cl2F3O/c15-10-2-1-3-11(16)12(10)13(20)8-4-6-9(7-5-8)14(17,18)19/h1-7H. The van der Waals surface area contributed by atoms with Crippen molar-refractivity contribution in [1.82, 2.24) is 0 Å². The molecule has 0 bridgehead atoms. The Morgan fingerprint density at radius 3 is 1.85 bits per heavy atom. The maximum atomic E-state index is 12.4. The zero-order valence-corrected chi connectivity index (χ0v) is 11.4. The molecule has 0 amide bonds. The van der Waals surface area contributed by atoms with Crippen LogP contribution in [0.25, 0.3) is 0 Å². The second kappa shape index (κ2) is 5.46. The third-order valence-electron chi connectivity index (χ3n) is 2.66. The zero-order chi connectivity index (χ0) is 14.9. The monoisotopic (exact) mass is 318 g/mol. The van der Waals surface area contributed by atoms with Gasteiger partial charge in [-0.05, 0) is 24.3 Å². The highest BCUT2D eigenvalue weighted by Crippen LogP contribution is 2.31. The molecular weight excluding hydrogens is 312 g/mol. The molecule has 0 unspecified atom stereocenters. The van der Waals surface area contributed by atoms with Gasteiger partial charge < -0.3 is 0 Å². The second-order valence-electron chi connectivity index (χ2n) is 4.00. The largest absolute Gasteiger partial charge is 0.416 e. The number of alkyl halides is 3. The highest BCUT2D eigenvalue weighted by Gasteiger charge is 2.30. The molecule has 1 nitrogen and oxygen atoms in total. The number of hydrogen-bond acceptors (Lipinski definition) is 1. The predicted molar refractivity (Wildman–Crippen MR) is 71.3 cm³/mol. The molecule has 0 atom stereocenters. The third-order valence-corrected chi connectivity index (χ3v) is 3.29. The molecule has 2 aromatic rings. The first kappa shape index (κ1) is 14.9. The van der Waals surface area contributed by atoms with Crippen LogP contribution in [0.15, 0.2) is 42.5 Å². The van der Waals surface area contributed by atoms with Crippen LogP contribution in [0.4, 0.5) is 13.2 Å². The molecule has 0 aromatic heterocycles. The molecule has 0 aliphatic heterocycles. The Balaban J connectivity index is 2.40. The van der Waals surface area contributed by atoms with Gasteiger partial charge in [0.05, 0.1) is 21.2 Å². The number of halogens is 5. The van der Waals surface area contributed by atoms with Crippen LogP contribution < -0.4 is 0 Å². The average molecular weight is 319 g/mol. The SMILES string of the molecule is O=C(c1ccc(C(F)(F)F)cc1)c1c(Cl)cccc1Cl. The van der Waals surface area contributed by atoms with Crippen LogP contribution in [0.2, 0.25) is 10.0 Å². The van der Waals surface area contributed by atoms with E-state index in [1.807, 2.05) is 0 Å². The minimum Gasteiger partial charge on any atom is -0.288 e. The Morgan fingerprint density at radius 1 is 0.900 bits per heavy atom. The number of benzene rings is 2. The summed E-state index contributed by atoms with van der Waals surface area (Å²) in [6.45, 7) is 0. The van der Waals surface area contributed by atoms with Crippen molar-refractivity contribution in [1.29, 1.82) is 0 Å². The maximum Gasteiger partial charge on any atom is 0.416 e. The second-order valence-corrected chi connectivity index (χ2v) is 4.82. The number of rotatable bonds is 2. The van der Waals surface area contributed by atoms with Crippen molar-refractivity contribution in [2.75, 3.05) is 0 Å². The molecule has 2 rings (SSSR count). The fourth-order valence-electron chi connectivity index (χ4n) is 1.67.